The molecular weight excluding hydrogens is 314 g/mol. The van der Waals surface area contributed by atoms with Crippen LogP contribution in [0, 0.1) is 6.92 Å². The minimum absolute atomic E-state index is 0.209. The topological polar surface area (TPSA) is 78.5 Å². The van der Waals surface area contributed by atoms with Crippen LogP contribution in [0.2, 0.25) is 0 Å². The maximum atomic E-state index is 13.0. The fraction of sp³-hybridized carbons (Fsp3) is 0.562. The molecule has 6 nitrogen and oxygen atoms in total. The van der Waals surface area contributed by atoms with Gasteiger partial charge in [-0.2, -0.15) is 4.31 Å². The normalized spacial score (nSPS) is 25.1. The minimum atomic E-state index is -3.54. The monoisotopic (exact) mass is 337 g/mol. The average molecular weight is 337 g/mol. The second-order valence-corrected chi connectivity index (χ2v) is 8.39. The van der Waals surface area contributed by atoms with Crippen LogP contribution in [-0.4, -0.2) is 43.8 Å². The second kappa shape index (κ2) is 6.22. The van der Waals surface area contributed by atoms with Gasteiger partial charge in [0.05, 0.1) is 4.90 Å². The Kier molecular flexibility index (Phi) is 4.44. The molecule has 1 aromatic carbocycles. The Balaban J connectivity index is 1.88. The smallest absolute Gasteiger partial charge is 0.243 e. The highest BCUT2D eigenvalue weighted by Crippen LogP contribution is 2.27. The molecule has 2 aliphatic rings. The molecule has 2 bridgehead atoms. The minimum Gasteiger partial charge on any atom is -0.326 e. The molecule has 2 saturated heterocycles. The van der Waals surface area contributed by atoms with Gasteiger partial charge < -0.3 is 10.6 Å². The number of amides is 1. The molecule has 0 aromatic heterocycles. The number of hydrogen-bond donors (Lipinski definition) is 2. The van der Waals surface area contributed by atoms with Gasteiger partial charge in [0.1, 0.15) is 0 Å². The SMILES string of the molecule is CC(=O)Nc1cc(S(=O)(=O)N2CCC3CCC(C2)N3)ccc1C. The molecule has 3 rings (SSSR count). The molecule has 2 unspecified atom stereocenters. The number of carbonyl (C=O) groups is 1. The second-order valence-electron chi connectivity index (χ2n) is 6.45. The van der Waals surface area contributed by atoms with Crippen LogP contribution in [0.15, 0.2) is 23.1 Å². The van der Waals surface area contributed by atoms with Crippen molar-refractivity contribution in [2.75, 3.05) is 18.4 Å². The third-order valence-electron chi connectivity index (χ3n) is 4.64. The van der Waals surface area contributed by atoms with Crippen molar-refractivity contribution >= 4 is 21.6 Å². The van der Waals surface area contributed by atoms with Crippen molar-refractivity contribution in [1.29, 1.82) is 0 Å². The first-order valence-electron chi connectivity index (χ1n) is 8.00. The van der Waals surface area contributed by atoms with Gasteiger partial charge in [-0.25, -0.2) is 8.42 Å². The number of hydrogen-bond acceptors (Lipinski definition) is 4. The summed E-state index contributed by atoms with van der Waals surface area (Å²) >= 11 is 0. The summed E-state index contributed by atoms with van der Waals surface area (Å²) in [4.78, 5) is 11.5. The summed E-state index contributed by atoms with van der Waals surface area (Å²) in [6.07, 6.45) is 3.01. The molecule has 2 heterocycles. The van der Waals surface area contributed by atoms with E-state index < -0.39 is 10.0 Å². The van der Waals surface area contributed by atoms with Crippen LogP contribution in [-0.2, 0) is 14.8 Å². The number of anilines is 1. The molecule has 7 heteroatoms. The first-order chi connectivity index (χ1) is 10.9. The third kappa shape index (κ3) is 3.41. The molecule has 0 spiro atoms. The lowest BCUT2D eigenvalue weighted by Gasteiger charge is -2.24. The number of carbonyl (C=O) groups excluding carboxylic acids is 1. The molecule has 2 aliphatic heterocycles. The Morgan fingerprint density at radius 1 is 1.26 bits per heavy atom. The number of rotatable bonds is 3. The van der Waals surface area contributed by atoms with E-state index >= 15 is 0 Å². The molecule has 1 amide bonds. The summed E-state index contributed by atoms with van der Waals surface area (Å²) in [6.45, 7) is 4.32. The Bertz CT molecular complexity index is 717. The number of nitrogens with zero attached hydrogens (tertiary/aromatic N) is 1. The predicted octanol–water partition coefficient (Wildman–Crippen LogP) is 1.47. The van der Waals surface area contributed by atoms with Gasteiger partial charge in [-0.15, -0.1) is 0 Å². The van der Waals surface area contributed by atoms with E-state index in [0.717, 1.165) is 24.8 Å². The number of fused-ring (bicyclic) bond motifs is 2. The maximum absolute atomic E-state index is 13.0. The van der Waals surface area contributed by atoms with E-state index in [1.807, 2.05) is 6.92 Å². The van der Waals surface area contributed by atoms with Gasteiger partial charge in [0.25, 0.3) is 0 Å². The number of sulfonamides is 1. The van der Waals surface area contributed by atoms with Gasteiger partial charge in [-0.3, -0.25) is 4.79 Å². The lowest BCUT2D eigenvalue weighted by Crippen LogP contribution is -2.39. The van der Waals surface area contributed by atoms with Gasteiger partial charge in [0.2, 0.25) is 15.9 Å². The van der Waals surface area contributed by atoms with Gasteiger partial charge in [-0.05, 0) is 43.9 Å². The number of benzene rings is 1. The van der Waals surface area contributed by atoms with E-state index in [2.05, 4.69) is 10.6 Å². The highest BCUT2D eigenvalue weighted by molar-refractivity contribution is 7.89. The molecule has 0 saturated carbocycles. The molecule has 2 N–H and O–H groups in total. The van der Waals surface area contributed by atoms with E-state index in [1.54, 1.807) is 22.5 Å². The van der Waals surface area contributed by atoms with Crippen molar-refractivity contribution in [2.45, 2.75) is 50.1 Å². The summed E-state index contributed by atoms with van der Waals surface area (Å²) in [5, 5.41) is 6.18. The fourth-order valence-corrected chi connectivity index (χ4v) is 4.89. The van der Waals surface area contributed by atoms with Gasteiger partial charge in [0.15, 0.2) is 0 Å². The van der Waals surface area contributed by atoms with Gasteiger partial charge >= 0.3 is 0 Å². The van der Waals surface area contributed by atoms with Gasteiger partial charge in [-0.1, -0.05) is 6.07 Å². The van der Waals surface area contributed by atoms with Crippen molar-refractivity contribution in [2.24, 2.45) is 0 Å². The zero-order valence-corrected chi connectivity index (χ0v) is 14.3. The average Bonchev–Trinajstić information content (AvgIpc) is 2.79. The van der Waals surface area contributed by atoms with E-state index in [1.165, 1.54) is 6.92 Å². The quantitative estimate of drug-likeness (QED) is 0.875. The van der Waals surface area contributed by atoms with Crippen molar-refractivity contribution in [3.05, 3.63) is 23.8 Å². The Labute approximate surface area is 137 Å². The van der Waals surface area contributed by atoms with E-state index in [4.69, 9.17) is 0 Å². The van der Waals surface area contributed by atoms with Crippen molar-refractivity contribution < 1.29 is 13.2 Å². The van der Waals surface area contributed by atoms with Crippen molar-refractivity contribution in [3.63, 3.8) is 0 Å². The first kappa shape index (κ1) is 16.4. The molecule has 0 radical (unpaired) electrons. The van der Waals surface area contributed by atoms with Crippen LogP contribution in [0.3, 0.4) is 0 Å². The van der Waals surface area contributed by atoms with E-state index in [-0.39, 0.29) is 16.8 Å². The Morgan fingerprint density at radius 3 is 2.74 bits per heavy atom. The van der Waals surface area contributed by atoms with Crippen LogP contribution in [0.1, 0.15) is 31.7 Å². The van der Waals surface area contributed by atoms with Crippen LogP contribution in [0.25, 0.3) is 0 Å². The van der Waals surface area contributed by atoms with Crippen molar-refractivity contribution in [1.82, 2.24) is 9.62 Å². The Hall–Kier alpha value is -1.44. The lowest BCUT2D eigenvalue weighted by atomic mass is 10.1. The summed E-state index contributed by atoms with van der Waals surface area (Å²) in [6, 6.07) is 5.60. The first-order valence-corrected chi connectivity index (χ1v) is 9.45. The highest BCUT2D eigenvalue weighted by atomic mass is 32.2. The van der Waals surface area contributed by atoms with Crippen molar-refractivity contribution in [3.8, 4) is 0 Å². The zero-order chi connectivity index (χ0) is 16.6. The summed E-state index contributed by atoms with van der Waals surface area (Å²) in [5.41, 5.74) is 1.39. The molecule has 126 valence electrons. The molecule has 2 atom stereocenters. The maximum Gasteiger partial charge on any atom is 0.243 e. The summed E-state index contributed by atoms with van der Waals surface area (Å²) < 4.78 is 27.5. The largest absolute Gasteiger partial charge is 0.326 e. The van der Waals surface area contributed by atoms with E-state index in [0.29, 0.717) is 24.8 Å². The van der Waals surface area contributed by atoms with Crippen LogP contribution < -0.4 is 10.6 Å². The standard InChI is InChI=1S/C16H23N3O3S/c1-11-3-6-15(9-16(11)17-12(2)20)23(21,22)19-8-7-13-4-5-14(10-19)18-13/h3,6,9,13-14,18H,4-5,7-8,10H2,1-2H3,(H,17,20). The number of aryl methyl sites for hydroxylation is 1. The Morgan fingerprint density at radius 2 is 2.00 bits per heavy atom. The molecule has 0 aliphatic carbocycles. The predicted molar refractivity (Wildman–Crippen MR) is 88.8 cm³/mol. The zero-order valence-electron chi connectivity index (χ0n) is 13.5. The summed E-state index contributed by atoms with van der Waals surface area (Å²) in [7, 11) is -3.54. The van der Waals surface area contributed by atoms with Crippen LogP contribution >= 0.6 is 0 Å². The molecule has 23 heavy (non-hydrogen) atoms. The molecular formula is C16H23N3O3S. The summed E-state index contributed by atoms with van der Waals surface area (Å²) in [5.74, 6) is -0.209. The fourth-order valence-electron chi connectivity index (χ4n) is 3.36. The van der Waals surface area contributed by atoms with E-state index in [9.17, 15) is 13.2 Å². The van der Waals surface area contributed by atoms with Crippen LogP contribution in [0.5, 0.6) is 0 Å². The third-order valence-corrected chi connectivity index (χ3v) is 6.50. The lowest BCUT2D eigenvalue weighted by molar-refractivity contribution is -0.114. The highest BCUT2D eigenvalue weighted by Gasteiger charge is 2.35. The number of nitrogens with one attached hydrogen (secondary N) is 2. The molecule has 2 fully saturated rings. The molecule has 1 aromatic rings. The van der Waals surface area contributed by atoms with Gasteiger partial charge in [0, 0.05) is 37.8 Å². The van der Waals surface area contributed by atoms with Crippen LogP contribution in [0.4, 0.5) is 5.69 Å².